The quantitative estimate of drug-likeness (QED) is 0.823. The van der Waals surface area contributed by atoms with Crippen LogP contribution in [0.3, 0.4) is 0 Å². The Hall–Kier alpha value is -3.00. The molecular weight excluding hydrogens is 366 g/mol. The fourth-order valence-corrected chi connectivity index (χ4v) is 2.93. The Bertz CT molecular complexity index is 850. The highest BCUT2D eigenvalue weighted by atomic mass is 19.2. The van der Waals surface area contributed by atoms with Crippen LogP contribution < -0.4 is 15.5 Å². The molecule has 6 nitrogen and oxygen atoms in total. The van der Waals surface area contributed by atoms with Gasteiger partial charge < -0.3 is 20.4 Å². The van der Waals surface area contributed by atoms with Gasteiger partial charge in [0.05, 0.1) is 6.54 Å². The molecule has 0 aliphatic carbocycles. The van der Waals surface area contributed by atoms with Crippen LogP contribution in [-0.4, -0.2) is 56.5 Å². The van der Waals surface area contributed by atoms with Crippen LogP contribution in [0.1, 0.15) is 10.4 Å². The summed E-state index contributed by atoms with van der Waals surface area (Å²) < 4.78 is 26.1. The number of nitrogens with one attached hydrogen (secondary N) is 2. The van der Waals surface area contributed by atoms with Crippen LogP contribution in [0.25, 0.3) is 0 Å². The highest BCUT2D eigenvalue weighted by molar-refractivity contribution is 5.99. The fraction of sp³-hybridized carbons (Fsp3) is 0.300. The van der Waals surface area contributed by atoms with Gasteiger partial charge in [0.2, 0.25) is 5.91 Å². The molecule has 0 aromatic heterocycles. The van der Waals surface area contributed by atoms with Crippen LogP contribution in [0.5, 0.6) is 0 Å². The minimum absolute atomic E-state index is 0.0526. The summed E-state index contributed by atoms with van der Waals surface area (Å²) in [6.45, 7) is 3.65. The molecule has 1 fully saturated rings. The zero-order valence-corrected chi connectivity index (χ0v) is 15.5. The van der Waals surface area contributed by atoms with Gasteiger partial charge in [-0.25, -0.2) is 8.78 Å². The number of piperazine rings is 1. The molecule has 1 heterocycles. The summed E-state index contributed by atoms with van der Waals surface area (Å²) >= 11 is 0. The molecule has 0 spiro atoms. The minimum Gasteiger partial charge on any atom is -0.369 e. The topological polar surface area (TPSA) is 64.7 Å². The van der Waals surface area contributed by atoms with Gasteiger partial charge in [0.15, 0.2) is 11.6 Å². The van der Waals surface area contributed by atoms with Crippen LogP contribution in [0.15, 0.2) is 42.5 Å². The van der Waals surface area contributed by atoms with Gasteiger partial charge in [-0.2, -0.15) is 0 Å². The number of carbonyl (C=O) groups is 2. The van der Waals surface area contributed by atoms with Crippen LogP contribution in [0.2, 0.25) is 0 Å². The Morgan fingerprint density at radius 1 is 0.964 bits per heavy atom. The number of hydrogen-bond donors (Lipinski definition) is 2. The van der Waals surface area contributed by atoms with E-state index in [1.165, 1.54) is 0 Å². The van der Waals surface area contributed by atoms with Crippen LogP contribution in [0.4, 0.5) is 20.2 Å². The van der Waals surface area contributed by atoms with Gasteiger partial charge in [0.25, 0.3) is 5.91 Å². The molecule has 2 aromatic carbocycles. The lowest BCUT2D eigenvalue weighted by atomic mass is 10.2. The fourth-order valence-electron chi connectivity index (χ4n) is 2.93. The zero-order valence-electron chi connectivity index (χ0n) is 15.5. The molecule has 8 heteroatoms. The monoisotopic (exact) mass is 388 g/mol. The lowest BCUT2D eigenvalue weighted by Crippen LogP contribution is -2.44. The van der Waals surface area contributed by atoms with Crippen molar-refractivity contribution >= 4 is 23.2 Å². The largest absolute Gasteiger partial charge is 0.369 e. The van der Waals surface area contributed by atoms with Crippen molar-refractivity contribution in [3.05, 3.63) is 59.7 Å². The molecular formula is C20H22F2N4O2. The molecule has 148 valence electrons. The van der Waals surface area contributed by atoms with Crippen LogP contribution >= 0.6 is 0 Å². The van der Waals surface area contributed by atoms with Crippen molar-refractivity contribution in [3.63, 3.8) is 0 Å². The SMILES string of the molecule is CN1CCN(c2ccc(NC(=O)CNC(=O)c3ccc(F)c(F)c3)cc2)CC1. The maximum Gasteiger partial charge on any atom is 0.251 e. The summed E-state index contributed by atoms with van der Waals surface area (Å²) in [7, 11) is 2.10. The number of rotatable bonds is 5. The number of hydrogen-bond acceptors (Lipinski definition) is 4. The molecule has 0 atom stereocenters. The number of nitrogens with zero attached hydrogens (tertiary/aromatic N) is 2. The molecule has 28 heavy (non-hydrogen) atoms. The average Bonchev–Trinajstić information content (AvgIpc) is 2.69. The van der Waals surface area contributed by atoms with E-state index >= 15 is 0 Å². The molecule has 2 N–H and O–H groups in total. The van der Waals surface area contributed by atoms with E-state index in [1.807, 2.05) is 24.3 Å². The molecule has 1 saturated heterocycles. The first-order valence-electron chi connectivity index (χ1n) is 8.99. The number of carbonyl (C=O) groups excluding carboxylic acids is 2. The molecule has 0 saturated carbocycles. The number of halogens is 2. The Morgan fingerprint density at radius 2 is 1.64 bits per heavy atom. The number of benzene rings is 2. The molecule has 0 radical (unpaired) electrons. The Morgan fingerprint density at radius 3 is 2.29 bits per heavy atom. The number of likely N-dealkylation sites (N-methyl/N-ethyl adjacent to an activating group) is 1. The van der Waals surface area contributed by atoms with Gasteiger partial charge in [-0.15, -0.1) is 0 Å². The highest BCUT2D eigenvalue weighted by Gasteiger charge is 2.14. The average molecular weight is 388 g/mol. The lowest BCUT2D eigenvalue weighted by Gasteiger charge is -2.34. The van der Waals surface area contributed by atoms with Crippen LogP contribution in [0, 0.1) is 11.6 Å². The van der Waals surface area contributed by atoms with E-state index < -0.39 is 23.4 Å². The van der Waals surface area contributed by atoms with Crippen molar-refractivity contribution in [1.82, 2.24) is 10.2 Å². The third kappa shape index (κ3) is 5.04. The van der Waals surface area contributed by atoms with Crippen molar-refractivity contribution in [1.29, 1.82) is 0 Å². The second-order valence-electron chi connectivity index (χ2n) is 6.70. The molecule has 3 rings (SSSR count). The minimum atomic E-state index is -1.11. The summed E-state index contributed by atoms with van der Waals surface area (Å²) in [5, 5.41) is 5.07. The third-order valence-corrected chi connectivity index (χ3v) is 4.61. The van der Waals surface area contributed by atoms with E-state index in [9.17, 15) is 18.4 Å². The number of amides is 2. The van der Waals surface area contributed by atoms with Crippen molar-refractivity contribution < 1.29 is 18.4 Å². The van der Waals surface area contributed by atoms with E-state index in [-0.39, 0.29) is 12.1 Å². The summed E-state index contributed by atoms with van der Waals surface area (Å²) in [5.74, 6) is -3.21. The maximum atomic E-state index is 13.2. The van der Waals surface area contributed by atoms with Crippen molar-refractivity contribution in [2.75, 3.05) is 50.0 Å². The highest BCUT2D eigenvalue weighted by Crippen LogP contribution is 2.19. The van der Waals surface area contributed by atoms with Gasteiger partial charge in [0, 0.05) is 43.1 Å². The van der Waals surface area contributed by atoms with Gasteiger partial charge in [-0.1, -0.05) is 0 Å². The first kappa shape index (κ1) is 19.8. The first-order chi connectivity index (χ1) is 13.4. The molecule has 1 aliphatic rings. The van der Waals surface area contributed by atoms with Crippen molar-refractivity contribution in [3.8, 4) is 0 Å². The van der Waals surface area contributed by atoms with Gasteiger partial charge >= 0.3 is 0 Å². The Kier molecular flexibility index (Phi) is 6.20. The molecule has 2 amide bonds. The van der Waals surface area contributed by atoms with Gasteiger partial charge in [-0.3, -0.25) is 9.59 Å². The summed E-state index contributed by atoms with van der Waals surface area (Å²) in [6, 6.07) is 10.3. The Labute approximate surface area is 162 Å². The third-order valence-electron chi connectivity index (χ3n) is 4.61. The predicted molar refractivity (Wildman–Crippen MR) is 103 cm³/mol. The molecule has 2 aromatic rings. The summed E-state index contributed by atoms with van der Waals surface area (Å²) in [6.07, 6.45) is 0. The van der Waals surface area contributed by atoms with Crippen LogP contribution in [-0.2, 0) is 4.79 Å². The maximum absolute atomic E-state index is 13.2. The van der Waals surface area contributed by atoms with E-state index in [0.717, 1.165) is 50.1 Å². The summed E-state index contributed by atoms with van der Waals surface area (Å²) in [4.78, 5) is 28.5. The smallest absolute Gasteiger partial charge is 0.251 e. The number of anilines is 2. The van der Waals surface area contributed by atoms with E-state index in [1.54, 1.807) is 0 Å². The molecule has 0 unspecified atom stereocenters. The second-order valence-corrected chi connectivity index (χ2v) is 6.70. The Balaban J connectivity index is 1.49. The van der Waals surface area contributed by atoms with E-state index in [2.05, 4.69) is 27.5 Å². The van der Waals surface area contributed by atoms with Crippen molar-refractivity contribution in [2.24, 2.45) is 0 Å². The van der Waals surface area contributed by atoms with E-state index in [0.29, 0.717) is 5.69 Å². The van der Waals surface area contributed by atoms with E-state index in [4.69, 9.17) is 0 Å². The predicted octanol–water partition coefficient (Wildman–Crippen LogP) is 2.09. The molecule has 1 aliphatic heterocycles. The zero-order chi connectivity index (χ0) is 20.1. The second kappa shape index (κ2) is 8.79. The first-order valence-corrected chi connectivity index (χ1v) is 8.99. The summed E-state index contributed by atoms with van der Waals surface area (Å²) in [5.41, 5.74) is 1.66. The van der Waals surface area contributed by atoms with Gasteiger partial charge in [-0.05, 0) is 49.5 Å². The van der Waals surface area contributed by atoms with Gasteiger partial charge in [0.1, 0.15) is 0 Å². The normalized spacial score (nSPS) is 14.6. The van der Waals surface area contributed by atoms with Crippen molar-refractivity contribution in [2.45, 2.75) is 0 Å². The lowest BCUT2D eigenvalue weighted by molar-refractivity contribution is -0.115. The molecule has 0 bridgehead atoms. The standard InChI is InChI=1S/C20H22F2N4O2/c1-25-8-10-26(11-9-25)16-5-3-15(4-6-16)24-19(27)13-23-20(28)14-2-7-17(21)18(22)12-14/h2-7,12H,8-11,13H2,1H3,(H,23,28)(H,24,27).